The van der Waals surface area contributed by atoms with Crippen LogP contribution in [-0.2, 0) is 19.6 Å². The highest BCUT2D eigenvalue weighted by Crippen LogP contribution is 2.24. The molecular weight excluding hydrogens is 488 g/mol. The zero-order valence-corrected chi connectivity index (χ0v) is 21.0. The maximum Gasteiger partial charge on any atom is 0.174 e. The van der Waals surface area contributed by atoms with E-state index in [1.165, 1.54) is 12.1 Å². The lowest BCUT2D eigenvalue weighted by molar-refractivity contribution is 0.399. The van der Waals surface area contributed by atoms with Crippen LogP contribution in [0.2, 0.25) is 10.0 Å². The van der Waals surface area contributed by atoms with Crippen molar-refractivity contribution in [3.8, 4) is 0 Å². The summed E-state index contributed by atoms with van der Waals surface area (Å²) in [4.78, 5) is 2.10. The Balaban J connectivity index is 1.57. The molecule has 1 N–H and O–H groups in total. The molecule has 0 atom stereocenters. The summed E-state index contributed by atoms with van der Waals surface area (Å²) in [6.45, 7) is 3.72. The summed E-state index contributed by atoms with van der Waals surface area (Å²) in [6, 6.07) is 24.5. The number of thiocarbonyl (C=S) groups is 1. The SMILES string of the molecule is Cc1ccc(NC(=S)N(Cc2ccccc2)Cc2cccn2Cc2ccc(F)cc2Cl)c(Cl)c1. The number of hydrogen-bond acceptors (Lipinski definition) is 1. The first-order valence-electron chi connectivity index (χ1n) is 10.8. The van der Waals surface area contributed by atoms with E-state index in [1.54, 1.807) is 6.07 Å². The van der Waals surface area contributed by atoms with Crippen molar-refractivity contribution in [1.82, 2.24) is 9.47 Å². The summed E-state index contributed by atoms with van der Waals surface area (Å²) in [5, 5.41) is 4.91. The Bertz CT molecular complexity index is 1290. The molecule has 3 nitrogen and oxygen atoms in total. The summed E-state index contributed by atoms with van der Waals surface area (Å²) in [5.41, 5.74) is 4.89. The van der Waals surface area contributed by atoms with Crippen molar-refractivity contribution in [2.24, 2.45) is 0 Å². The van der Waals surface area contributed by atoms with Gasteiger partial charge in [-0.1, -0.05) is 65.7 Å². The fraction of sp³-hybridized carbons (Fsp3) is 0.148. The van der Waals surface area contributed by atoms with Gasteiger partial charge in [0, 0.05) is 30.0 Å². The zero-order chi connectivity index (χ0) is 24.1. The van der Waals surface area contributed by atoms with Crippen molar-refractivity contribution >= 4 is 46.2 Å². The van der Waals surface area contributed by atoms with Crippen molar-refractivity contribution in [3.05, 3.63) is 123 Å². The summed E-state index contributed by atoms with van der Waals surface area (Å²) < 4.78 is 15.6. The highest BCUT2D eigenvalue weighted by atomic mass is 35.5. The zero-order valence-electron chi connectivity index (χ0n) is 18.6. The average Bonchev–Trinajstić information content (AvgIpc) is 3.24. The lowest BCUT2D eigenvalue weighted by Crippen LogP contribution is -2.34. The summed E-state index contributed by atoms with van der Waals surface area (Å²) in [5.74, 6) is -0.346. The van der Waals surface area contributed by atoms with Gasteiger partial charge in [0.15, 0.2) is 5.11 Å². The van der Waals surface area contributed by atoms with Gasteiger partial charge < -0.3 is 14.8 Å². The molecule has 7 heteroatoms. The van der Waals surface area contributed by atoms with E-state index in [-0.39, 0.29) is 5.82 Å². The number of halogens is 3. The van der Waals surface area contributed by atoms with Gasteiger partial charge in [-0.15, -0.1) is 0 Å². The number of benzene rings is 3. The molecule has 4 rings (SSSR count). The molecule has 3 aromatic carbocycles. The van der Waals surface area contributed by atoms with Crippen LogP contribution < -0.4 is 5.32 Å². The molecule has 1 aromatic heterocycles. The molecule has 0 fully saturated rings. The first-order valence-corrected chi connectivity index (χ1v) is 12.0. The molecule has 0 saturated heterocycles. The molecule has 4 aromatic rings. The highest BCUT2D eigenvalue weighted by Gasteiger charge is 2.16. The number of hydrogen-bond donors (Lipinski definition) is 1. The van der Waals surface area contributed by atoms with Gasteiger partial charge >= 0.3 is 0 Å². The molecule has 0 aliphatic heterocycles. The second-order valence-electron chi connectivity index (χ2n) is 8.12. The smallest absolute Gasteiger partial charge is 0.174 e. The fourth-order valence-electron chi connectivity index (χ4n) is 3.70. The molecule has 0 amide bonds. The Morgan fingerprint density at radius 1 is 0.941 bits per heavy atom. The van der Waals surface area contributed by atoms with Crippen molar-refractivity contribution < 1.29 is 4.39 Å². The van der Waals surface area contributed by atoms with Gasteiger partial charge in [-0.2, -0.15) is 0 Å². The summed E-state index contributed by atoms with van der Waals surface area (Å²) in [7, 11) is 0. The van der Waals surface area contributed by atoms with Gasteiger partial charge in [0.05, 0.1) is 17.3 Å². The number of rotatable bonds is 7. The molecule has 1 heterocycles. The largest absolute Gasteiger partial charge is 0.345 e. The van der Waals surface area contributed by atoms with E-state index >= 15 is 0 Å². The van der Waals surface area contributed by atoms with Gasteiger partial charge in [0.1, 0.15) is 5.82 Å². The molecule has 0 bridgehead atoms. The molecule has 34 heavy (non-hydrogen) atoms. The molecule has 0 radical (unpaired) electrons. The quantitative estimate of drug-likeness (QED) is 0.257. The number of nitrogens with zero attached hydrogens (tertiary/aromatic N) is 2. The molecule has 0 unspecified atom stereocenters. The number of nitrogens with one attached hydrogen (secondary N) is 1. The highest BCUT2D eigenvalue weighted by molar-refractivity contribution is 7.80. The fourth-order valence-corrected chi connectivity index (χ4v) is 4.44. The van der Waals surface area contributed by atoms with Crippen LogP contribution in [0.3, 0.4) is 0 Å². The van der Waals surface area contributed by atoms with Crippen LogP contribution in [0.5, 0.6) is 0 Å². The molecule has 0 saturated carbocycles. The normalized spacial score (nSPS) is 10.8. The maximum atomic E-state index is 13.5. The second-order valence-corrected chi connectivity index (χ2v) is 9.32. The van der Waals surface area contributed by atoms with Crippen LogP contribution in [0, 0.1) is 12.7 Å². The Morgan fingerprint density at radius 2 is 1.74 bits per heavy atom. The lowest BCUT2D eigenvalue weighted by atomic mass is 10.2. The topological polar surface area (TPSA) is 20.2 Å². The van der Waals surface area contributed by atoms with Gasteiger partial charge in [0.2, 0.25) is 0 Å². The van der Waals surface area contributed by atoms with Gasteiger partial charge in [-0.05, 0) is 72.2 Å². The molecule has 0 aliphatic carbocycles. The maximum absolute atomic E-state index is 13.5. The third-order valence-electron chi connectivity index (χ3n) is 5.50. The van der Waals surface area contributed by atoms with Crippen molar-refractivity contribution in [1.29, 1.82) is 0 Å². The van der Waals surface area contributed by atoms with Crippen LogP contribution in [0.1, 0.15) is 22.4 Å². The number of aryl methyl sites for hydroxylation is 1. The van der Waals surface area contributed by atoms with Crippen LogP contribution >= 0.6 is 35.4 Å². The third-order valence-corrected chi connectivity index (χ3v) is 6.53. The Morgan fingerprint density at radius 3 is 2.47 bits per heavy atom. The van der Waals surface area contributed by atoms with Gasteiger partial charge in [-0.3, -0.25) is 0 Å². The summed E-state index contributed by atoms with van der Waals surface area (Å²) >= 11 is 18.5. The average molecular weight is 512 g/mol. The number of aromatic nitrogens is 1. The third kappa shape index (κ3) is 6.17. The predicted octanol–water partition coefficient (Wildman–Crippen LogP) is 7.69. The molecular formula is C27H24Cl2FN3S. The predicted molar refractivity (Wildman–Crippen MR) is 143 cm³/mol. The first-order chi connectivity index (χ1) is 16.4. The monoisotopic (exact) mass is 511 g/mol. The van der Waals surface area contributed by atoms with E-state index < -0.39 is 0 Å². The Hall–Kier alpha value is -2.86. The van der Waals surface area contributed by atoms with E-state index in [4.69, 9.17) is 35.4 Å². The number of anilines is 1. The van der Waals surface area contributed by atoms with E-state index in [2.05, 4.69) is 33.0 Å². The molecule has 174 valence electrons. The van der Waals surface area contributed by atoms with E-state index in [0.717, 1.165) is 28.1 Å². The first kappa shape index (κ1) is 24.3. The van der Waals surface area contributed by atoms with Crippen molar-refractivity contribution in [2.75, 3.05) is 5.32 Å². The van der Waals surface area contributed by atoms with Crippen LogP contribution in [0.15, 0.2) is 85.1 Å². The Kier molecular flexibility index (Phi) is 7.88. The molecule has 0 aliphatic rings. The summed E-state index contributed by atoms with van der Waals surface area (Å²) in [6.07, 6.45) is 1.99. The minimum Gasteiger partial charge on any atom is -0.345 e. The standard InChI is InChI=1S/C27H24Cl2FN3S/c1-19-9-12-26(25(29)14-19)31-27(34)33(16-20-6-3-2-4-7-20)18-23-8-5-13-32(23)17-21-10-11-22(30)15-24(21)28/h2-15H,16-18H2,1H3,(H,31,34). The van der Waals surface area contributed by atoms with Crippen LogP contribution in [0.25, 0.3) is 0 Å². The Labute approximate surface area is 214 Å². The van der Waals surface area contributed by atoms with E-state index in [1.807, 2.05) is 55.6 Å². The second kappa shape index (κ2) is 11.0. The minimum atomic E-state index is -0.346. The van der Waals surface area contributed by atoms with Crippen molar-refractivity contribution in [2.45, 2.75) is 26.6 Å². The van der Waals surface area contributed by atoms with Gasteiger partial charge in [-0.25, -0.2) is 4.39 Å². The van der Waals surface area contributed by atoms with E-state index in [9.17, 15) is 4.39 Å². The lowest BCUT2D eigenvalue weighted by Gasteiger charge is -2.27. The van der Waals surface area contributed by atoms with E-state index in [0.29, 0.717) is 34.8 Å². The molecule has 0 spiro atoms. The van der Waals surface area contributed by atoms with Crippen LogP contribution in [-0.4, -0.2) is 14.6 Å². The van der Waals surface area contributed by atoms with Crippen molar-refractivity contribution in [3.63, 3.8) is 0 Å². The van der Waals surface area contributed by atoms with Crippen LogP contribution in [0.4, 0.5) is 10.1 Å². The van der Waals surface area contributed by atoms with Gasteiger partial charge in [0.25, 0.3) is 0 Å². The minimum absolute atomic E-state index is 0.346.